The summed E-state index contributed by atoms with van der Waals surface area (Å²) >= 11 is 0. The molecule has 0 N–H and O–H groups in total. The Kier molecular flexibility index (Phi) is 1.69. The van der Waals surface area contributed by atoms with Gasteiger partial charge in [-0.3, -0.25) is 0 Å². The van der Waals surface area contributed by atoms with Gasteiger partial charge in [-0.15, -0.1) is 0 Å². The highest BCUT2D eigenvalue weighted by atomic mass is 15.2. The van der Waals surface area contributed by atoms with Gasteiger partial charge >= 0.3 is 0 Å². The van der Waals surface area contributed by atoms with Crippen LogP contribution in [0.1, 0.15) is 0 Å². The Bertz CT molecular complexity index is 430. The van der Waals surface area contributed by atoms with E-state index in [1.54, 1.807) is 0 Å². The van der Waals surface area contributed by atoms with Crippen LogP contribution in [0.4, 0.5) is 5.95 Å². The van der Waals surface area contributed by atoms with Gasteiger partial charge in [-0.2, -0.15) is 4.98 Å². The van der Waals surface area contributed by atoms with Crippen molar-refractivity contribution in [3.8, 4) is 0 Å². The van der Waals surface area contributed by atoms with E-state index < -0.39 is 0 Å². The summed E-state index contributed by atoms with van der Waals surface area (Å²) in [4.78, 5) is 10.5. The summed E-state index contributed by atoms with van der Waals surface area (Å²) in [6.45, 7) is 0. The normalized spacial score (nSPS) is 10.7. The molecule has 0 fully saturated rings. The van der Waals surface area contributed by atoms with Crippen LogP contribution in [-0.2, 0) is 7.05 Å². The lowest BCUT2D eigenvalue weighted by Crippen LogP contribution is -2.12. The third kappa shape index (κ3) is 1.24. The predicted molar refractivity (Wildman–Crippen MR) is 52.8 cm³/mol. The van der Waals surface area contributed by atoms with Gasteiger partial charge in [0.15, 0.2) is 0 Å². The number of nitrogens with zero attached hydrogens (tertiary/aromatic N) is 4. The molecule has 0 aliphatic carbocycles. The minimum absolute atomic E-state index is 0.745. The fraction of sp³-hybridized carbons (Fsp3) is 0.333. The zero-order valence-electron chi connectivity index (χ0n) is 8.02. The van der Waals surface area contributed by atoms with Crippen molar-refractivity contribution >= 4 is 17.0 Å². The van der Waals surface area contributed by atoms with Crippen molar-refractivity contribution in [3.05, 3.63) is 18.5 Å². The van der Waals surface area contributed by atoms with Crippen LogP contribution in [0.3, 0.4) is 0 Å². The molecule has 0 aliphatic heterocycles. The second-order valence-corrected chi connectivity index (χ2v) is 3.27. The van der Waals surface area contributed by atoms with Gasteiger partial charge in [0.25, 0.3) is 0 Å². The third-order valence-electron chi connectivity index (χ3n) is 1.99. The van der Waals surface area contributed by atoms with E-state index in [1.807, 2.05) is 49.1 Å². The molecule has 0 unspecified atom stereocenters. The first-order chi connectivity index (χ1) is 6.18. The lowest BCUT2D eigenvalue weighted by atomic mass is 10.4. The summed E-state index contributed by atoms with van der Waals surface area (Å²) in [6.07, 6.45) is 3.83. The summed E-state index contributed by atoms with van der Waals surface area (Å²) < 4.78 is 1.99. The fourth-order valence-electron chi connectivity index (χ4n) is 1.25. The quantitative estimate of drug-likeness (QED) is 0.651. The highest BCUT2D eigenvalue weighted by Crippen LogP contribution is 2.13. The van der Waals surface area contributed by atoms with Crippen molar-refractivity contribution in [3.63, 3.8) is 0 Å². The molecule has 4 heteroatoms. The highest BCUT2D eigenvalue weighted by molar-refractivity contribution is 5.76. The molecular weight excluding hydrogens is 164 g/mol. The molecule has 0 radical (unpaired) electrons. The zero-order chi connectivity index (χ0) is 9.42. The second-order valence-electron chi connectivity index (χ2n) is 3.27. The summed E-state index contributed by atoms with van der Waals surface area (Å²) in [7, 11) is 5.85. The monoisotopic (exact) mass is 176 g/mol. The molecule has 2 aromatic heterocycles. The number of aryl methyl sites for hydroxylation is 1. The van der Waals surface area contributed by atoms with Gasteiger partial charge in [0, 0.05) is 38.9 Å². The number of anilines is 1. The Morgan fingerprint density at radius 3 is 2.85 bits per heavy atom. The van der Waals surface area contributed by atoms with Gasteiger partial charge in [0.05, 0.1) is 0 Å². The van der Waals surface area contributed by atoms with E-state index in [2.05, 4.69) is 9.97 Å². The van der Waals surface area contributed by atoms with E-state index in [0.717, 1.165) is 17.0 Å². The van der Waals surface area contributed by atoms with Crippen molar-refractivity contribution in [2.75, 3.05) is 19.0 Å². The lowest BCUT2D eigenvalue weighted by Gasteiger charge is -2.09. The number of fused-ring (bicyclic) bond motifs is 1. The maximum Gasteiger partial charge on any atom is 0.226 e. The topological polar surface area (TPSA) is 34.0 Å². The van der Waals surface area contributed by atoms with Crippen LogP contribution in [0.2, 0.25) is 0 Å². The van der Waals surface area contributed by atoms with E-state index in [9.17, 15) is 0 Å². The Morgan fingerprint density at radius 2 is 2.15 bits per heavy atom. The minimum Gasteiger partial charge on any atom is -0.347 e. The molecule has 0 saturated carbocycles. The Morgan fingerprint density at radius 1 is 1.38 bits per heavy atom. The largest absolute Gasteiger partial charge is 0.347 e. The van der Waals surface area contributed by atoms with Crippen molar-refractivity contribution < 1.29 is 0 Å². The third-order valence-corrected chi connectivity index (χ3v) is 1.99. The molecule has 4 nitrogen and oxygen atoms in total. The molecule has 0 atom stereocenters. The van der Waals surface area contributed by atoms with Gasteiger partial charge in [-0.05, 0) is 6.07 Å². The highest BCUT2D eigenvalue weighted by Gasteiger charge is 2.03. The van der Waals surface area contributed by atoms with E-state index in [0.29, 0.717) is 0 Å². The van der Waals surface area contributed by atoms with Crippen LogP contribution < -0.4 is 4.90 Å². The van der Waals surface area contributed by atoms with Crippen LogP contribution in [0.5, 0.6) is 0 Å². The average Bonchev–Trinajstić information content (AvgIpc) is 2.47. The van der Waals surface area contributed by atoms with Crippen LogP contribution in [0.15, 0.2) is 18.5 Å². The van der Waals surface area contributed by atoms with Gasteiger partial charge in [0.1, 0.15) is 5.65 Å². The standard InChI is InChI=1S/C9H12N4/c1-12(2)9-10-6-7-4-5-13(3)8(7)11-9/h4-6H,1-3H3. The maximum absolute atomic E-state index is 4.41. The number of hydrogen-bond donors (Lipinski definition) is 0. The molecule has 0 aliphatic rings. The molecule has 0 aromatic carbocycles. The summed E-state index contributed by atoms with van der Waals surface area (Å²) in [5.41, 5.74) is 0.971. The minimum atomic E-state index is 0.745. The number of hydrogen-bond acceptors (Lipinski definition) is 3. The molecule has 2 rings (SSSR count). The van der Waals surface area contributed by atoms with Gasteiger partial charge in [-0.25, -0.2) is 4.98 Å². The SMILES string of the molecule is CN(C)c1ncc2ccn(C)c2n1. The van der Waals surface area contributed by atoms with Gasteiger partial charge in [-0.1, -0.05) is 0 Å². The Hall–Kier alpha value is -1.58. The van der Waals surface area contributed by atoms with Gasteiger partial charge < -0.3 is 9.47 Å². The Labute approximate surface area is 76.8 Å². The van der Waals surface area contributed by atoms with Crippen LogP contribution >= 0.6 is 0 Å². The van der Waals surface area contributed by atoms with Crippen LogP contribution in [0, 0.1) is 0 Å². The summed E-state index contributed by atoms with van der Waals surface area (Å²) in [6, 6.07) is 2.01. The molecular formula is C9H12N4. The van der Waals surface area contributed by atoms with Crippen molar-refractivity contribution in [1.29, 1.82) is 0 Å². The van der Waals surface area contributed by atoms with E-state index in [4.69, 9.17) is 0 Å². The molecule has 68 valence electrons. The van der Waals surface area contributed by atoms with Crippen molar-refractivity contribution in [2.45, 2.75) is 0 Å². The smallest absolute Gasteiger partial charge is 0.226 e. The van der Waals surface area contributed by atoms with Crippen LogP contribution in [0.25, 0.3) is 11.0 Å². The fourth-order valence-corrected chi connectivity index (χ4v) is 1.25. The van der Waals surface area contributed by atoms with E-state index in [-0.39, 0.29) is 0 Å². The molecule has 13 heavy (non-hydrogen) atoms. The van der Waals surface area contributed by atoms with E-state index in [1.165, 1.54) is 0 Å². The predicted octanol–water partition coefficient (Wildman–Crippen LogP) is 1.03. The maximum atomic E-state index is 4.41. The first-order valence-electron chi connectivity index (χ1n) is 4.14. The second kappa shape index (κ2) is 2.73. The van der Waals surface area contributed by atoms with E-state index >= 15 is 0 Å². The first-order valence-corrected chi connectivity index (χ1v) is 4.14. The molecule has 0 amide bonds. The average molecular weight is 176 g/mol. The molecule has 0 spiro atoms. The Balaban J connectivity index is 2.66. The number of aromatic nitrogens is 3. The first kappa shape index (κ1) is 8.04. The summed E-state index contributed by atoms with van der Waals surface area (Å²) in [5, 5.41) is 1.08. The molecule has 2 aromatic rings. The van der Waals surface area contributed by atoms with Crippen LogP contribution in [-0.4, -0.2) is 28.6 Å². The molecule has 0 saturated heterocycles. The lowest BCUT2D eigenvalue weighted by molar-refractivity contribution is 0.930. The van der Waals surface area contributed by atoms with Gasteiger partial charge in [0.2, 0.25) is 5.95 Å². The number of rotatable bonds is 1. The van der Waals surface area contributed by atoms with Crippen molar-refractivity contribution in [2.24, 2.45) is 7.05 Å². The zero-order valence-corrected chi connectivity index (χ0v) is 8.02. The summed E-state index contributed by atoms with van der Waals surface area (Å²) in [5.74, 6) is 0.745. The molecule has 0 bridgehead atoms. The van der Waals surface area contributed by atoms with Crippen molar-refractivity contribution in [1.82, 2.24) is 14.5 Å². The molecule has 2 heterocycles.